The molecular formula is C40H52N14O25P4. The van der Waals surface area contributed by atoms with E-state index < -0.39 is 160 Å². The molecule has 4 aliphatic heterocycles. The summed E-state index contributed by atoms with van der Waals surface area (Å²) in [6, 6.07) is 0. The molecule has 4 saturated heterocycles. The van der Waals surface area contributed by atoms with Crippen LogP contribution in [0, 0.1) is 13.8 Å². The number of nitrogen functional groups attached to an aromatic ring is 2. The molecule has 15 atom stereocenters. The van der Waals surface area contributed by atoms with Crippen LogP contribution in [0.25, 0.3) is 22.3 Å². The van der Waals surface area contributed by atoms with Gasteiger partial charge in [0.25, 0.3) is 11.1 Å². The molecule has 0 radical (unpaired) electrons. The largest absolute Gasteiger partial charge is 0.472 e. The minimum atomic E-state index is -5.43. The highest BCUT2D eigenvalue weighted by molar-refractivity contribution is 7.48. The average Bonchev–Trinajstić information content (AvgIpc) is 3.11. The standard InChI is InChI=1S/C40H52N14O25P4/c1-17-7-51(39(58)49-37(17)56)27-3-19(55)23(73-27)9-70-81(63,64)79-22-6-30(54-16-48-32-34(42)44-14-46-36(32)54)76-26(22)12-72-82(65,66)77-20-4-28(52-8-18(2)38(57)50-40(52)59)74-25(20)11-71-83(67,68)78-21-5-29(75-24(21)10-69-80(60,61)62)53-15-47-31-33(41)43-13-45-35(31)53/h7-8,13-16,19-30,55H,3-6,9-12H2,1-2H3,(H,63,64)(H,65,66)(H,67,68)(H2,41,43,45)(H2,42,44,46)(H,49,56,58)(H,50,57,59)(H2,60,61,62)/t19-,20-,21-,22-,23+,24+,25+,26+,27+,28+,29+,30+/m0/s1. The molecule has 12 N–H and O–H groups in total. The number of ether oxygens (including phenoxy) is 4. The molecule has 4 fully saturated rings. The summed E-state index contributed by atoms with van der Waals surface area (Å²) in [6.45, 7) is -0.814. The van der Waals surface area contributed by atoms with Gasteiger partial charge in [0.05, 0.1) is 45.2 Å². The SMILES string of the molecule is Cc1cn([C@H]2C[C@H](OP(=O)(O)OC[C@H]3O[C@@H](n4cnc5c(N)ncnc54)C[C@@H]3OP(=O)(O)OC[C@H]3O[C@@H](n4cc(C)c(=O)[nH]c4=O)C[C@@H]3O)[C@@H](COP(=O)(O)O[C@H]3C[C@H](n4cnc5c(N)ncnc54)O[C@@H]3COP(=O)(O)O)O2)c(=O)[nH]c1=O. The van der Waals surface area contributed by atoms with Crippen molar-refractivity contribution in [2.45, 2.75) is 113 Å². The first-order chi connectivity index (χ1) is 39.1. The molecule has 83 heavy (non-hydrogen) atoms. The van der Waals surface area contributed by atoms with Crippen LogP contribution in [0.15, 0.2) is 56.9 Å². The first kappa shape index (κ1) is 60.4. The van der Waals surface area contributed by atoms with Crippen molar-refractivity contribution >= 4 is 65.3 Å². The third-order valence-corrected chi connectivity index (χ3v) is 17.0. The van der Waals surface area contributed by atoms with Crippen LogP contribution < -0.4 is 34.0 Å². The van der Waals surface area contributed by atoms with Crippen molar-refractivity contribution in [3.8, 4) is 0 Å². The van der Waals surface area contributed by atoms with E-state index in [1.54, 1.807) is 0 Å². The molecule has 0 bridgehead atoms. The summed E-state index contributed by atoms with van der Waals surface area (Å²) in [6.07, 6.45) is -11.0. The van der Waals surface area contributed by atoms with Crippen molar-refractivity contribution in [1.82, 2.24) is 58.1 Å². The van der Waals surface area contributed by atoms with Crippen molar-refractivity contribution in [3.63, 3.8) is 0 Å². The zero-order valence-corrected chi connectivity index (χ0v) is 46.5. The van der Waals surface area contributed by atoms with E-state index in [0.717, 1.165) is 28.0 Å². The van der Waals surface area contributed by atoms with Crippen LogP contribution in [0.4, 0.5) is 11.6 Å². The van der Waals surface area contributed by atoms with Crippen LogP contribution in [0.1, 0.15) is 61.7 Å². The van der Waals surface area contributed by atoms with Crippen LogP contribution in [0.5, 0.6) is 0 Å². The molecule has 43 heteroatoms. The number of aromatic amines is 2. The zero-order chi connectivity index (χ0) is 59.5. The average molecular weight is 1250 g/mol. The number of aliphatic hydroxyl groups is 1. The summed E-state index contributed by atoms with van der Waals surface area (Å²) in [5.74, 6) is -0.00702. The van der Waals surface area contributed by atoms with Gasteiger partial charge in [0.15, 0.2) is 22.9 Å². The second-order valence-corrected chi connectivity index (χ2v) is 24.6. The summed E-state index contributed by atoms with van der Waals surface area (Å²) in [5.41, 5.74) is 9.46. The highest BCUT2D eigenvalue weighted by atomic mass is 31.2. The van der Waals surface area contributed by atoms with Gasteiger partial charge in [-0.25, -0.2) is 57.8 Å². The Morgan fingerprint density at radius 1 is 0.530 bits per heavy atom. The minimum absolute atomic E-state index is 0.00538. The van der Waals surface area contributed by atoms with E-state index in [2.05, 4.69) is 44.4 Å². The maximum atomic E-state index is 14.0. The first-order valence-corrected chi connectivity index (χ1v) is 30.6. The van der Waals surface area contributed by atoms with E-state index in [1.165, 1.54) is 41.8 Å². The van der Waals surface area contributed by atoms with Gasteiger partial charge in [0.1, 0.15) is 91.3 Å². The smallest absolute Gasteiger partial charge is 0.390 e. The lowest BCUT2D eigenvalue weighted by Gasteiger charge is -2.25. The highest BCUT2D eigenvalue weighted by Gasteiger charge is 2.49. The summed E-state index contributed by atoms with van der Waals surface area (Å²) in [7, 11) is -21.1. The molecule has 0 aliphatic carbocycles. The highest BCUT2D eigenvalue weighted by Crippen LogP contribution is 2.54. The van der Waals surface area contributed by atoms with Crippen molar-refractivity contribution < 1.29 is 98.4 Å². The molecule has 0 amide bonds. The molecular weight excluding hydrogens is 1200 g/mol. The molecule has 39 nitrogen and oxygen atoms in total. The third-order valence-electron chi connectivity index (χ3n) is 13.5. The summed E-state index contributed by atoms with van der Waals surface area (Å²) < 4.78 is 119. The Morgan fingerprint density at radius 2 is 0.880 bits per heavy atom. The fourth-order valence-electron chi connectivity index (χ4n) is 9.47. The second kappa shape index (κ2) is 23.6. The lowest BCUT2D eigenvalue weighted by atomic mass is 10.2. The lowest BCUT2D eigenvalue weighted by Crippen LogP contribution is -2.33. The maximum Gasteiger partial charge on any atom is 0.472 e. The number of phosphoric acid groups is 4. The lowest BCUT2D eigenvalue weighted by molar-refractivity contribution is -0.0629. The predicted octanol–water partition coefficient (Wildman–Crippen LogP) is -1.33. The number of nitrogens with one attached hydrogen (secondary N) is 2. The summed E-state index contributed by atoms with van der Waals surface area (Å²) >= 11 is 0. The number of nitrogens with zero attached hydrogens (tertiary/aromatic N) is 10. The van der Waals surface area contributed by atoms with Gasteiger partial charge < -0.3 is 60.0 Å². The van der Waals surface area contributed by atoms with E-state index in [-0.39, 0.29) is 64.4 Å². The molecule has 4 aliphatic rings. The molecule has 3 unspecified atom stereocenters. The van der Waals surface area contributed by atoms with Gasteiger partial charge in [0.2, 0.25) is 0 Å². The number of rotatable bonds is 22. The van der Waals surface area contributed by atoms with Crippen molar-refractivity contribution in [3.05, 3.63) is 90.5 Å². The Bertz CT molecular complexity index is 3850. The number of aryl methyl sites for hydroxylation is 2. The van der Waals surface area contributed by atoms with Gasteiger partial charge in [-0.2, -0.15) is 0 Å². The van der Waals surface area contributed by atoms with E-state index in [0.29, 0.717) is 0 Å². The number of aliphatic hydroxyl groups excluding tert-OH is 1. The van der Waals surface area contributed by atoms with Crippen molar-refractivity contribution in [2.75, 3.05) is 37.9 Å². The van der Waals surface area contributed by atoms with Gasteiger partial charge in [-0.1, -0.05) is 0 Å². The fourth-order valence-corrected chi connectivity index (χ4v) is 12.7. The summed E-state index contributed by atoms with van der Waals surface area (Å²) in [4.78, 5) is 131. The first-order valence-electron chi connectivity index (χ1n) is 24.6. The van der Waals surface area contributed by atoms with Gasteiger partial charge in [-0.15, -0.1) is 0 Å². The number of H-pyrrole nitrogens is 2. The summed E-state index contributed by atoms with van der Waals surface area (Å²) in [5, 5.41) is 10.8. The fraction of sp³-hybridized carbons (Fsp3) is 0.550. The molecule has 0 saturated carbocycles. The van der Waals surface area contributed by atoms with Crippen LogP contribution in [0.2, 0.25) is 0 Å². The quantitative estimate of drug-likeness (QED) is 0.0352. The molecule has 6 aromatic heterocycles. The van der Waals surface area contributed by atoms with E-state index in [4.69, 9.17) is 57.6 Å². The molecule has 0 aromatic carbocycles. The number of imidazole rings is 2. The van der Waals surface area contributed by atoms with Crippen molar-refractivity contribution in [1.29, 1.82) is 0 Å². The van der Waals surface area contributed by atoms with Crippen molar-refractivity contribution in [2.24, 2.45) is 0 Å². The molecule has 10 rings (SSSR count). The maximum absolute atomic E-state index is 14.0. The minimum Gasteiger partial charge on any atom is -0.390 e. The van der Waals surface area contributed by atoms with Gasteiger partial charge in [-0.3, -0.25) is 69.5 Å². The van der Waals surface area contributed by atoms with Crippen LogP contribution in [0.3, 0.4) is 0 Å². The molecule has 0 spiro atoms. The van der Waals surface area contributed by atoms with Gasteiger partial charge >= 0.3 is 42.7 Å². The molecule has 452 valence electrons. The Morgan fingerprint density at radius 3 is 1.28 bits per heavy atom. The topological polar surface area (TPSA) is 540 Å². The molecule has 6 aromatic rings. The number of fused-ring (bicyclic) bond motifs is 2. The van der Waals surface area contributed by atoms with E-state index >= 15 is 0 Å². The number of aromatic nitrogens is 12. The Kier molecular flexibility index (Phi) is 17.2. The van der Waals surface area contributed by atoms with E-state index in [1.807, 2.05) is 0 Å². The number of phosphoric ester groups is 4. The number of hydrogen-bond donors (Lipinski definition) is 10. The Labute approximate surface area is 462 Å². The number of nitrogens with two attached hydrogens (primary N) is 2. The number of anilines is 2. The van der Waals surface area contributed by atoms with Gasteiger partial charge in [-0.05, 0) is 13.8 Å². The Balaban J connectivity index is 0.840. The van der Waals surface area contributed by atoms with E-state index in [9.17, 15) is 67.0 Å². The van der Waals surface area contributed by atoms with Crippen LogP contribution in [-0.2, 0) is 68.9 Å². The van der Waals surface area contributed by atoms with Crippen LogP contribution in [-0.4, -0.2) is 163 Å². The predicted molar refractivity (Wildman–Crippen MR) is 272 cm³/mol. The second-order valence-electron chi connectivity index (χ2n) is 19.2. The zero-order valence-electron chi connectivity index (χ0n) is 42.9. The monoisotopic (exact) mass is 1250 g/mol. The number of hydrogen-bond acceptors (Lipinski definition) is 28. The third kappa shape index (κ3) is 13.7. The normalized spacial score (nSPS) is 28.9. The molecule has 10 heterocycles. The van der Waals surface area contributed by atoms with Gasteiger partial charge in [0, 0.05) is 49.2 Å². The Hall–Kier alpha value is -5.70. The van der Waals surface area contributed by atoms with Crippen LogP contribution >= 0.6 is 31.3 Å².